The van der Waals surface area contributed by atoms with Gasteiger partial charge in [-0.15, -0.1) is 0 Å². The molecule has 0 unspecified atom stereocenters. The minimum absolute atomic E-state index is 0.0121. The maximum Gasteiger partial charge on any atom is 0.197 e. The van der Waals surface area contributed by atoms with Gasteiger partial charge in [0.25, 0.3) is 0 Å². The van der Waals surface area contributed by atoms with E-state index in [0.29, 0.717) is 32.7 Å². The minimum Gasteiger partial charge on any atom is -0.493 e. The molecule has 4 nitrogen and oxygen atoms in total. The average Bonchev–Trinajstić information content (AvgIpc) is 2.82. The van der Waals surface area contributed by atoms with E-state index in [1.165, 1.54) is 0 Å². The van der Waals surface area contributed by atoms with E-state index >= 15 is 0 Å². The zero-order chi connectivity index (χ0) is 18.1. The van der Waals surface area contributed by atoms with Gasteiger partial charge in [-0.25, -0.2) is 0 Å². The molecule has 0 N–H and O–H groups in total. The maximum absolute atomic E-state index is 12.5. The third-order valence-electron chi connectivity index (χ3n) is 3.82. The summed E-state index contributed by atoms with van der Waals surface area (Å²) in [6.07, 6.45) is 1.58. The highest BCUT2D eigenvalue weighted by Crippen LogP contribution is 2.38. The number of rotatable bonds is 4. The predicted molar refractivity (Wildman–Crippen MR) is 99.5 cm³/mol. The standard InChI is InChI=1S/C20H17BrO4/c1-11(2)25-20-16(21)9-12(10-17(20)24-3)8-15-18(22)13-6-4-5-7-14(13)19(15)23/h4-11H,1-3H3. The van der Waals surface area contributed by atoms with Crippen LogP contribution in [0.2, 0.25) is 0 Å². The first-order chi connectivity index (χ1) is 11.9. The lowest BCUT2D eigenvalue weighted by Gasteiger charge is -2.16. The predicted octanol–water partition coefficient (Wildman–Crippen LogP) is 4.71. The van der Waals surface area contributed by atoms with Crippen molar-refractivity contribution in [2.75, 3.05) is 7.11 Å². The molecule has 25 heavy (non-hydrogen) atoms. The van der Waals surface area contributed by atoms with E-state index in [1.807, 2.05) is 13.8 Å². The third-order valence-corrected chi connectivity index (χ3v) is 4.41. The summed E-state index contributed by atoms with van der Waals surface area (Å²) in [5.41, 5.74) is 1.74. The number of ketones is 2. The monoisotopic (exact) mass is 400 g/mol. The van der Waals surface area contributed by atoms with Crippen LogP contribution in [0.3, 0.4) is 0 Å². The van der Waals surface area contributed by atoms with Gasteiger partial charge in [0.2, 0.25) is 0 Å². The highest BCUT2D eigenvalue weighted by Gasteiger charge is 2.32. The molecule has 1 aliphatic rings. The Morgan fingerprint density at radius 1 is 1.04 bits per heavy atom. The van der Waals surface area contributed by atoms with E-state index in [0.717, 1.165) is 0 Å². The van der Waals surface area contributed by atoms with E-state index in [9.17, 15) is 9.59 Å². The van der Waals surface area contributed by atoms with Crippen LogP contribution in [0.15, 0.2) is 46.4 Å². The van der Waals surface area contributed by atoms with Gasteiger partial charge in [-0.05, 0) is 53.5 Å². The number of carbonyl (C=O) groups is 2. The van der Waals surface area contributed by atoms with Crippen molar-refractivity contribution in [1.82, 2.24) is 0 Å². The number of methoxy groups -OCH3 is 1. The lowest BCUT2D eigenvalue weighted by atomic mass is 10.1. The Balaban J connectivity index is 2.04. The van der Waals surface area contributed by atoms with Crippen molar-refractivity contribution >= 4 is 33.6 Å². The first-order valence-electron chi connectivity index (χ1n) is 7.86. The van der Waals surface area contributed by atoms with Crippen LogP contribution in [0.5, 0.6) is 11.5 Å². The summed E-state index contributed by atoms with van der Waals surface area (Å²) in [5, 5.41) is 0. The molecule has 1 aliphatic carbocycles. The normalized spacial score (nSPS) is 13.2. The summed E-state index contributed by atoms with van der Waals surface area (Å²) in [6.45, 7) is 3.85. The molecule has 0 aliphatic heterocycles. The third kappa shape index (κ3) is 3.24. The minimum atomic E-state index is -0.252. The van der Waals surface area contributed by atoms with Crippen molar-refractivity contribution in [3.05, 3.63) is 63.1 Å². The smallest absolute Gasteiger partial charge is 0.197 e. The molecular weight excluding hydrogens is 384 g/mol. The second kappa shape index (κ2) is 6.84. The fraction of sp³-hybridized carbons (Fsp3) is 0.200. The number of benzene rings is 2. The van der Waals surface area contributed by atoms with E-state index in [2.05, 4.69) is 15.9 Å². The van der Waals surface area contributed by atoms with E-state index < -0.39 is 0 Å². The van der Waals surface area contributed by atoms with Gasteiger partial charge in [-0.3, -0.25) is 9.59 Å². The fourth-order valence-electron chi connectivity index (χ4n) is 2.74. The quantitative estimate of drug-likeness (QED) is 0.550. The van der Waals surface area contributed by atoms with Crippen molar-refractivity contribution in [3.63, 3.8) is 0 Å². The molecule has 5 heteroatoms. The molecule has 0 saturated heterocycles. The Kier molecular flexibility index (Phi) is 4.77. The molecule has 0 aromatic heterocycles. The van der Waals surface area contributed by atoms with Crippen molar-refractivity contribution in [3.8, 4) is 11.5 Å². The Hall–Kier alpha value is -2.40. The maximum atomic E-state index is 12.5. The number of Topliss-reactive ketones (excluding diaryl/α,β-unsaturated/α-hetero) is 2. The second-order valence-corrected chi connectivity index (χ2v) is 6.82. The number of carbonyl (C=O) groups excluding carboxylic acids is 2. The van der Waals surface area contributed by atoms with E-state index in [-0.39, 0.29) is 23.2 Å². The molecule has 2 aromatic rings. The Morgan fingerprint density at radius 2 is 1.64 bits per heavy atom. The number of fused-ring (bicyclic) bond motifs is 1. The number of hydrogen-bond acceptors (Lipinski definition) is 4. The van der Waals surface area contributed by atoms with E-state index in [1.54, 1.807) is 49.6 Å². The first kappa shape index (κ1) is 17.4. The molecule has 0 heterocycles. The van der Waals surface area contributed by atoms with Crippen LogP contribution >= 0.6 is 15.9 Å². The summed E-state index contributed by atoms with van der Waals surface area (Å²) < 4.78 is 11.8. The summed E-state index contributed by atoms with van der Waals surface area (Å²) in [7, 11) is 1.55. The fourth-order valence-corrected chi connectivity index (χ4v) is 3.30. The Morgan fingerprint density at radius 3 is 2.16 bits per heavy atom. The molecule has 0 atom stereocenters. The first-order valence-corrected chi connectivity index (χ1v) is 8.66. The number of allylic oxidation sites excluding steroid dienone is 1. The molecule has 3 rings (SSSR count). The summed E-state index contributed by atoms with van der Waals surface area (Å²) in [4.78, 5) is 25.0. The van der Waals surface area contributed by atoms with Gasteiger partial charge in [-0.1, -0.05) is 24.3 Å². The van der Waals surface area contributed by atoms with Gasteiger partial charge in [0.1, 0.15) is 0 Å². The topological polar surface area (TPSA) is 52.6 Å². The van der Waals surface area contributed by atoms with Crippen LogP contribution in [-0.2, 0) is 0 Å². The van der Waals surface area contributed by atoms with Gasteiger partial charge in [0.05, 0.1) is 23.3 Å². The number of hydrogen-bond donors (Lipinski definition) is 0. The Labute approximate surface area is 154 Å². The average molecular weight is 401 g/mol. The van der Waals surface area contributed by atoms with Crippen LogP contribution in [0.4, 0.5) is 0 Å². The molecule has 0 radical (unpaired) electrons. The number of ether oxygens (including phenoxy) is 2. The van der Waals surface area contributed by atoms with Crippen molar-refractivity contribution in [1.29, 1.82) is 0 Å². The van der Waals surface area contributed by atoms with Crippen LogP contribution in [-0.4, -0.2) is 24.8 Å². The summed E-state index contributed by atoms with van der Waals surface area (Å²) in [5.74, 6) is 0.619. The summed E-state index contributed by atoms with van der Waals surface area (Å²) >= 11 is 3.47. The molecule has 0 bridgehead atoms. The van der Waals surface area contributed by atoms with Crippen molar-refractivity contribution in [2.45, 2.75) is 20.0 Å². The van der Waals surface area contributed by atoms with Crippen molar-refractivity contribution < 1.29 is 19.1 Å². The number of halogens is 1. The van der Waals surface area contributed by atoms with Crippen LogP contribution in [0.25, 0.3) is 6.08 Å². The lowest BCUT2D eigenvalue weighted by Crippen LogP contribution is -2.07. The second-order valence-electron chi connectivity index (χ2n) is 5.96. The van der Waals surface area contributed by atoms with Gasteiger partial charge >= 0.3 is 0 Å². The van der Waals surface area contributed by atoms with Crippen LogP contribution in [0, 0.1) is 0 Å². The van der Waals surface area contributed by atoms with Gasteiger partial charge in [0.15, 0.2) is 23.1 Å². The largest absolute Gasteiger partial charge is 0.493 e. The zero-order valence-corrected chi connectivity index (χ0v) is 15.7. The molecule has 0 spiro atoms. The molecule has 0 fully saturated rings. The summed E-state index contributed by atoms with van der Waals surface area (Å²) in [6, 6.07) is 10.4. The van der Waals surface area contributed by atoms with Gasteiger partial charge < -0.3 is 9.47 Å². The van der Waals surface area contributed by atoms with Gasteiger partial charge in [0, 0.05) is 11.1 Å². The SMILES string of the molecule is COc1cc(C=C2C(=O)c3ccccc3C2=O)cc(Br)c1OC(C)C. The van der Waals surface area contributed by atoms with Crippen LogP contribution < -0.4 is 9.47 Å². The van der Waals surface area contributed by atoms with E-state index in [4.69, 9.17) is 9.47 Å². The molecule has 2 aromatic carbocycles. The highest BCUT2D eigenvalue weighted by atomic mass is 79.9. The molecule has 128 valence electrons. The van der Waals surface area contributed by atoms with Gasteiger partial charge in [-0.2, -0.15) is 0 Å². The lowest BCUT2D eigenvalue weighted by molar-refractivity contribution is 0.0990. The van der Waals surface area contributed by atoms with Crippen molar-refractivity contribution in [2.24, 2.45) is 0 Å². The van der Waals surface area contributed by atoms with Crippen LogP contribution in [0.1, 0.15) is 40.1 Å². The molecular formula is C20H17BrO4. The molecule has 0 saturated carbocycles. The Bertz CT molecular complexity index is 860. The zero-order valence-electron chi connectivity index (χ0n) is 14.1. The molecule has 0 amide bonds. The highest BCUT2D eigenvalue weighted by molar-refractivity contribution is 9.10.